The molecule has 0 radical (unpaired) electrons. The predicted molar refractivity (Wildman–Crippen MR) is 132 cm³/mol. The van der Waals surface area contributed by atoms with Crippen LogP contribution in [0.1, 0.15) is 39.5 Å². The molecule has 1 aromatic heterocycles. The fourth-order valence-corrected chi connectivity index (χ4v) is 5.38. The number of anilines is 2. The monoisotopic (exact) mass is 467 g/mol. The highest BCUT2D eigenvalue weighted by Crippen LogP contribution is 2.34. The van der Waals surface area contributed by atoms with E-state index in [9.17, 15) is 4.79 Å². The highest BCUT2D eigenvalue weighted by Gasteiger charge is 2.43. The minimum Gasteiger partial charge on any atom is -0.490 e. The Morgan fingerprint density at radius 1 is 1.06 bits per heavy atom. The average molecular weight is 468 g/mol. The van der Waals surface area contributed by atoms with E-state index in [4.69, 9.17) is 9.47 Å². The lowest BCUT2D eigenvalue weighted by molar-refractivity contribution is -0.141. The van der Waals surface area contributed by atoms with Crippen molar-refractivity contribution < 1.29 is 14.3 Å². The van der Waals surface area contributed by atoms with Crippen LogP contribution in [0.2, 0.25) is 0 Å². The number of amides is 1. The van der Waals surface area contributed by atoms with Gasteiger partial charge in [0, 0.05) is 57.2 Å². The second-order valence-corrected chi connectivity index (χ2v) is 10.2. The molecule has 0 bridgehead atoms. The van der Waals surface area contributed by atoms with Crippen LogP contribution in [-0.2, 0) is 16.6 Å². The number of benzene rings is 1. The Morgan fingerprint density at radius 3 is 2.38 bits per heavy atom. The molecule has 1 aromatic carbocycles. The van der Waals surface area contributed by atoms with E-state index in [1.165, 1.54) is 5.69 Å². The zero-order chi connectivity index (χ0) is 23.7. The first-order valence-corrected chi connectivity index (χ1v) is 12.6. The Morgan fingerprint density at radius 2 is 1.76 bits per heavy atom. The van der Waals surface area contributed by atoms with Crippen LogP contribution < -0.4 is 14.5 Å². The van der Waals surface area contributed by atoms with Crippen LogP contribution in [0.5, 0.6) is 5.75 Å². The molecular weight excluding hydrogens is 430 g/mol. The Labute approximate surface area is 202 Å². The van der Waals surface area contributed by atoms with Crippen LogP contribution >= 0.6 is 0 Å². The van der Waals surface area contributed by atoms with E-state index in [1.54, 1.807) is 9.58 Å². The number of nitrogens with zero attached hydrogens (tertiary/aromatic N) is 5. The van der Waals surface area contributed by atoms with E-state index >= 15 is 0 Å². The molecule has 8 heteroatoms. The van der Waals surface area contributed by atoms with Gasteiger partial charge in [-0.1, -0.05) is 0 Å². The summed E-state index contributed by atoms with van der Waals surface area (Å²) in [4.78, 5) is 19.2. The van der Waals surface area contributed by atoms with Crippen LogP contribution in [-0.4, -0.2) is 77.7 Å². The third-order valence-electron chi connectivity index (χ3n) is 7.61. The van der Waals surface area contributed by atoms with Gasteiger partial charge in [-0.15, -0.1) is 0 Å². The summed E-state index contributed by atoms with van der Waals surface area (Å²) in [6.45, 7) is 9.24. The summed E-state index contributed by atoms with van der Waals surface area (Å²) in [7, 11) is 1.87. The summed E-state index contributed by atoms with van der Waals surface area (Å²) >= 11 is 0. The fourth-order valence-electron chi connectivity index (χ4n) is 5.38. The van der Waals surface area contributed by atoms with Crippen molar-refractivity contribution in [1.82, 2.24) is 14.7 Å². The first kappa shape index (κ1) is 23.2. The molecule has 34 heavy (non-hydrogen) atoms. The first-order chi connectivity index (χ1) is 16.4. The zero-order valence-electron chi connectivity index (χ0n) is 20.7. The van der Waals surface area contributed by atoms with E-state index in [0.29, 0.717) is 24.5 Å². The van der Waals surface area contributed by atoms with Crippen molar-refractivity contribution in [3.8, 4) is 5.75 Å². The van der Waals surface area contributed by atoms with E-state index < -0.39 is 0 Å². The Kier molecular flexibility index (Phi) is 6.53. The molecule has 2 aromatic rings. The largest absolute Gasteiger partial charge is 0.490 e. The van der Waals surface area contributed by atoms with Gasteiger partial charge in [0.2, 0.25) is 0 Å². The molecule has 0 N–H and O–H groups in total. The van der Waals surface area contributed by atoms with Crippen molar-refractivity contribution in [2.75, 3.05) is 49.1 Å². The van der Waals surface area contributed by atoms with Crippen molar-refractivity contribution >= 4 is 17.4 Å². The summed E-state index contributed by atoms with van der Waals surface area (Å²) in [6, 6.07) is 11.1. The maximum absolute atomic E-state index is 12.5. The number of aryl methyl sites for hydroxylation is 1. The highest BCUT2D eigenvalue weighted by molar-refractivity contribution is 5.94. The number of carbonyl (C=O) groups is 1. The Bertz CT molecular complexity index is 973. The second-order valence-electron chi connectivity index (χ2n) is 10.2. The lowest BCUT2D eigenvalue weighted by atomic mass is 9.89. The zero-order valence-corrected chi connectivity index (χ0v) is 20.7. The minimum absolute atomic E-state index is 0.0165. The van der Waals surface area contributed by atoms with E-state index in [0.717, 1.165) is 57.6 Å². The summed E-state index contributed by atoms with van der Waals surface area (Å²) in [5, 5.41) is 4.43. The van der Waals surface area contributed by atoms with Gasteiger partial charge in [0.25, 0.3) is 5.91 Å². The molecule has 3 aliphatic heterocycles. The maximum atomic E-state index is 12.5. The molecule has 0 atom stereocenters. The summed E-state index contributed by atoms with van der Waals surface area (Å²) in [5.41, 5.74) is 0.917. The van der Waals surface area contributed by atoms with E-state index in [-0.39, 0.29) is 18.1 Å². The van der Waals surface area contributed by atoms with Crippen molar-refractivity contribution in [2.45, 2.75) is 57.3 Å². The van der Waals surface area contributed by atoms with Crippen molar-refractivity contribution in [3.63, 3.8) is 0 Å². The quantitative estimate of drug-likeness (QED) is 0.674. The third kappa shape index (κ3) is 4.93. The van der Waals surface area contributed by atoms with Crippen molar-refractivity contribution in [1.29, 1.82) is 0 Å². The fraction of sp³-hybridized carbons (Fsp3) is 0.615. The molecule has 0 aliphatic carbocycles. The van der Waals surface area contributed by atoms with Crippen LogP contribution in [0.3, 0.4) is 0 Å². The number of carbonyl (C=O) groups excluding carboxylic acids is 1. The predicted octanol–water partition coefficient (Wildman–Crippen LogP) is 3.07. The van der Waals surface area contributed by atoms with Gasteiger partial charge in [-0.05, 0) is 63.8 Å². The minimum atomic E-state index is -0.296. The molecule has 1 amide bonds. The van der Waals surface area contributed by atoms with Gasteiger partial charge in [0.05, 0.1) is 12.1 Å². The van der Waals surface area contributed by atoms with Crippen LogP contribution in [0.25, 0.3) is 0 Å². The number of hydrogen-bond donors (Lipinski definition) is 0. The Balaban J connectivity index is 1.15. The van der Waals surface area contributed by atoms with Gasteiger partial charge in [-0.2, -0.15) is 5.10 Å². The highest BCUT2D eigenvalue weighted by atomic mass is 16.5. The van der Waals surface area contributed by atoms with Crippen LogP contribution in [0.4, 0.5) is 11.5 Å². The van der Waals surface area contributed by atoms with Crippen LogP contribution in [0, 0.1) is 0 Å². The molecule has 1 spiro atoms. The number of likely N-dealkylation sites (tertiary alicyclic amines) is 1. The van der Waals surface area contributed by atoms with Gasteiger partial charge >= 0.3 is 0 Å². The standard InChI is InChI=1S/C26H37N5O3/c1-20(2)29-14-8-23(9-15-29)34-22-6-4-21(5-7-22)30-16-11-26(12-17-30)19-31(25(32)18-33-26)24-10-13-28(3)27-24/h4-7,10,13,20,23H,8-9,11-12,14-19H2,1-3H3. The van der Waals surface area contributed by atoms with Crippen LogP contribution in [0.15, 0.2) is 36.5 Å². The molecule has 3 saturated heterocycles. The second kappa shape index (κ2) is 9.58. The third-order valence-corrected chi connectivity index (χ3v) is 7.61. The number of aromatic nitrogens is 2. The average Bonchev–Trinajstić information content (AvgIpc) is 3.28. The number of ether oxygens (including phenoxy) is 2. The molecule has 4 heterocycles. The lowest BCUT2D eigenvalue weighted by Gasteiger charge is -2.47. The molecule has 3 fully saturated rings. The molecule has 184 valence electrons. The maximum Gasteiger partial charge on any atom is 0.254 e. The van der Waals surface area contributed by atoms with Gasteiger partial charge in [-0.3, -0.25) is 14.4 Å². The number of piperidine rings is 2. The molecule has 0 unspecified atom stereocenters. The van der Waals surface area contributed by atoms with Gasteiger partial charge in [-0.25, -0.2) is 0 Å². The first-order valence-electron chi connectivity index (χ1n) is 12.6. The lowest BCUT2D eigenvalue weighted by Crippen LogP contribution is -2.59. The summed E-state index contributed by atoms with van der Waals surface area (Å²) < 4.78 is 14.1. The van der Waals surface area contributed by atoms with E-state index in [1.807, 2.05) is 19.3 Å². The topological polar surface area (TPSA) is 63.1 Å². The van der Waals surface area contributed by atoms with E-state index in [2.05, 4.69) is 53.0 Å². The van der Waals surface area contributed by atoms with Crippen molar-refractivity contribution in [2.24, 2.45) is 7.05 Å². The Hall–Kier alpha value is -2.58. The molecule has 3 aliphatic rings. The molecule has 8 nitrogen and oxygen atoms in total. The van der Waals surface area contributed by atoms with Gasteiger partial charge in [0.15, 0.2) is 5.82 Å². The number of morpholine rings is 1. The molecule has 0 saturated carbocycles. The summed E-state index contributed by atoms with van der Waals surface area (Å²) in [5.74, 6) is 1.65. The molecular formula is C26H37N5O3. The SMILES string of the molecule is CC(C)N1CCC(Oc2ccc(N3CCC4(CC3)CN(c3ccn(C)n3)C(=O)CO4)cc2)CC1. The van der Waals surface area contributed by atoms with Gasteiger partial charge in [0.1, 0.15) is 18.5 Å². The van der Waals surface area contributed by atoms with Crippen molar-refractivity contribution in [3.05, 3.63) is 36.5 Å². The number of hydrogen-bond acceptors (Lipinski definition) is 6. The molecule has 5 rings (SSSR count). The summed E-state index contributed by atoms with van der Waals surface area (Å²) in [6.07, 6.45) is 6.13. The van der Waals surface area contributed by atoms with Gasteiger partial charge < -0.3 is 19.3 Å². The normalized spacial score (nSPS) is 22.1. The number of rotatable bonds is 5. The smallest absolute Gasteiger partial charge is 0.254 e.